The van der Waals surface area contributed by atoms with Crippen LogP contribution in [0.15, 0.2) is 54.6 Å². The van der Waals surface area contributed by atoms with E-state index >= 15 is 0 Å². The van der Waals surface area contributed by atoms with Gasteiger partial charge in [0, 0.05) is 37.9 Å². The first kappa shape index (κ1) is 21.1. The number of carbonyl (C=O) groups excluding carboxylic acids is 1. The molecule has 33 heavy (non-hydrogen) atoms. The molecule has 1 aliphatic rings. The number of rotatable bonds is 4. The molecule has 0 saturated carbocycles. The van der Waals surface area contributed by atoms with E-state index < -0.39 is 0 Å². The molecule has 0 aliphatic carbocycles. The summed E-state index contributed by atoms with van der Waals surface area (Å²) in [4.78, 5) is 26.5. The van der Waals surface area contributed by atoms with Crippen LogP contribution in [0.4, 0.5) is 5.82 Å². The van der Waals surface area contributed by atoms with Crippen LogP contribution in [0.25, 0.3) is 16.6 Å². The Hall–Kier alpha value is -3.74. The number of aromatic nitrogens is 4. The normalized spacial score (nSPS) is 14.2. The number of piperazine rings is 1. The van der Waals surface area contributed by atoms with E-state index in [4.69, 9.17) is 0 Å². The van der Waals surface area contributed by atoms with E-state index in [0.717, 1.165) is 47.1 Å². The first-order valence-electron chi connectivity index (χ1n) is 11.4. The van der Waals surface area contributed by atoms with E-state index in [9.17, 15) is 4.79 Å². The lowest BCUT2D eigenvalue weighted by Crippen LogP contribution is -2.49. The van der Waals surface area contributed by atoms with Gasteiger partial charge in [0.25, 0.3) is 0 Å². The summed E-state index contributed by atoms with van der Waals surface area (Å²) in [5, 5.41) is 6.88. The minimum Gasteiger partial charge on any atom is -0.353 e. The fourth-order valence-corrected chi connectivity index (χ4v) is 4.57. The standard InChI is InChI=1S/C26H28N6O/c1-18-15-19(2)32(29-18)25-17-24(27-20(3)28-25)30-11-13-31(14-12-30)26(33)16-22-9-6-8-21-7-4-5-10-23(21)22/h4-10,15,17H,11-14,16H2,1-3H3. The molecule has 7 heteroatoms. The third-order valence-electron chi connectivity index (χ3n) is 6.22. The Balaban J connectivity index is 1.28. The van der Waals surface area contributed by atoms with Gasteiger partial charge in [0.2, 0.25) is 5.91 Å². The largest absolute Gasteiger partial charge is 0.353 e. The third-order valence-corrected chi connectivity index (χ3v) is 6.22. The van der Waals surface area contributed by atoms with E-state index in [1.54, 1.807) is 0 Å². The fraction of sp³-hybridized carbons (Fsp3) is 0.308. The number of aryl methyl sites for hydroxylation is 3. The van der Waals surface area contributed by atoms with Gasteiger partial charge in [-0.25, -0.2) is 14.6 Å². The Labute approximate surface area is 193 Å². The van der Waals surface area contributed by atoms with Crippen LogP contribution in [0.3, 0.4) is 0 Å². The Morgan fingerprint density at radius 2 is 1.61 bits per heavy atom. The van der Waals surface area contributed by atoms with Crippen LogP contribution in [0.1, 0.15) is 22.8 Å². The second kappa shape index (κ2) is 8.65. The van der Waals surface area contributed by atoms with Crippen molar-refractivity contribution in [1.29, 1.82) is 0 Å². The fourth-order valence-electron chi connectivity index (χ4n) is 4.57. The van der Waals surface area contributed by atoms with Gasteiger partial charge in [0.1, 0.15) is 11.6 Å². The monoisotopic (exact) mass is 440 g/mol. The Morgan fingerprint density at radius 1 is 0.879 bits per heavy atom. The predicted octanol–water partition coefficient (Wildman–Crippen LogP) is 3.63. The maximum atomic E-state index is 13.1. The van der Waals surface area contributed by atoms with E-state index in [1.807, 2.05) is 60.7 Å². The molecule has 4 aromatic rings. The molecule has 0 N–H and O–H groups in total. The Bertz CT molecular complexity index is 1310. The first-order chi connectivity index (χ1) is 16.0. The highest BCUT2D eigenvalue weighted by Crippen LogP contribution is 2.21. The van der Waals surface area contributed by atoms with Crippen LogP contribution in [0, 0.1) is 20.8 Å². The van der Waals surface area contributed by atoms with Crippen molar-refractivity contribution in [3.05, 3.63) is 77.4 Å². The zero-order chi connectivity index (χ0) is 22.9. The minimum atomic E-state index is 0.174. The number of anilines is 1. The molecule has 3 heterocycles. The number of hydrogen-bond donors (Lipinski definition) is 0. The summed E-state index contributed by atoms with van der Waals surface area (Å²) >= 11 is 0. The molecular weight excluding hydrogens is 412 g/mol. The summed E-state index contributed by atoms with van der Waals surface area (Å²) in [6.07, 6.45) is 0.427. The second-order valence-corrected chi connectivity index (χ2v) is 8.65. The lowest BCUT2D eigenvalue weighted by atomic mass is 10.0. The average Bonchev–Trinajstić information content (AvgIpc) is 3.17. The molecule has 168 valence electrons. The van der Waals surface area contributed by atoms with Crippen molar-refractivity contribution in [2.24, 2.45) is 0 Å². The second-order valence-electron chi connectivity index (χ2n) is 8.65. The van der Waals surface area contributed by atoms with Gasteiger partial charge >= 0.3 is 0 Å². The summed E-state index contributed by atoms with van der Waals surface area (Å²) in [6, 6.07) is 18.4. The molecule has 0 bridgehead atoms. The number of hydrogen-bond acceptors (Lipinski definition) is 5. The van der Waals surface area contributed by atoms with Gasteiger partial charge in [-0.2, -0.15) is 5.10 Å². The highest BCUT2D eigenvalue weighted by Gasteiger charge is 2.23. The maximum Gasteiger partial charge on any atom is 0.227 e. The van der Waals surface area contributed by atoms with Crippen LogP contribution in [-0.2, 0) is 11.2 Å². The summed E-state index contributed by atoms with van der Waals surface area (Å²) in [7, 11) is 0. The van der Waals surface area contributed by atoms with E-state index in [-0.39, 0.29) is 5.91 Å². The smallest absolute Gasteiger partial charge is 0.227 e. The zero-order valence-electron chi connectivity index (χ0n) is 19.3. The topological polar surface area (TPSA) is 67.2 Å². The quantitative estimate of drug-likeness (QED) is 0.485. The third kappa shape index (κ3) is 4.31. The predicted molar refractivity (Wildman–Crippen MR) is 130 cm³/mol. The zero-order valence-corrected chi connectivity index (χ0v) is 19.3. The van der Waals surface area contributed by atoms with Gasteiger partial charge in [-0.3, -0.25) is 4.79 Å². The molecule has 1 amide bonds. The van der Waals surface area contributed by atoms with Crippen molar-refractivity contribution < 1.29 is 4.79 Å². The van der Waals surface area contributed by atoms with Crippen molar-refractivity contribution in [2.75, 3.05) is 31.1 Å². The molecule has 1 aliphatic heterocycles. The Kier molecular flexibility index (Phi) is 5.54. The number of carbonyl (C=O) groups is 1. The lowest BCUT2D eigenvalue weighted by molar-refractivity contribution is -0.130. The molecule has 7 nitrogen and oxygen atoms in total. The Morgan fingerprint density at radius 3 is 2.36 bits per heavy atom. The van der Waals surface area contributed by atoms with Crippen LogP contribution >= 0.6 is 0 Å². The summed E-state index contributed by atoms with van der Waals surface area (Å²) in [6.45, 7) is 8.76. The van der Waals surface area contributed by atoms with E-state index in [1.165, 1.54) is 5.39 Å². The number of benzene rings is 2. The van der Waals surface area contributed by atoms with Gasteiger partial charge < -0.3 is 9.80 Å². The van der Waals surface area contributed by atoms with Crippen molar-refractivity contribution in [3.63, 3.8) is 0 Å². The highest BCUT2D eigenvalue weighted by molar-refractivity contribution is 5.90. The summed E-state index contributed by atoms with van der Waals surface area (Å²) in [5.74, 6) is 2.54. The first-order valence-corrected chi connectivity index (χ1v) is 11.4. The van der Waals surface area contributed by atoms with Crippen molar-refractivity contribution in [2.45, 2.75) is 27.2 Å². The van der Waals surface area contributed by atoms with Crippen LogP contribution < -0.4 is 4.90 Å². The number of amides is 1. The van der Waals surface area contributed by atoms with Crippen molar-refractivity contribution in [1.82, 2.24) is 24.6 Å². The molecule has 0 unspecified atom stereocenters. The molecule has 5 rings (SSSR count). The summed E-state index contributed by atoms with van der Waals surface area (Å²) < 4.78 is 1.86. The SMILES string of the molecule is Cc1cc(C)n(-c2cc(N3CCN(C(=O)Cc4cccc5ccccc45)CC3)nc(C)n2)n1. The van der Waals surface area contributed by atoms with Gasteiger partial charge in [-0.1, -0.05) is 42.5 Å². The van der Waals surface area contributed by atoms with Crippen LogP contribution in [0.2, 0.25) is 0 Å². The van der Waals surface area contributed by atoms with E-state index in [2.05, 4.69) is 44.2 Å². The molecule has 0 atom stereocenters. The number of nitrogens with zero attached hydrogens (tertiary/aromatic N) is 6. The molecule has 0 radical (unpaired) electrons. The number of fused-ring (bicyclic) bond motifs is 1. The van der Waals surface area contributed by atoms with Gasteiger partial charge in [-0.05, 0) is 43.2 Å². The highest BCUT2D eigenvalue weighted by atomic mass is 16.2. The summed E-state index contributed by atoms with van der Waals surface area (Å²) in [5.41, 5.74) is 3.09. The average molecular weight is 441 g/mol. The molecule has 1 saturated heterocycles. The minimum absolute atomic E-state index is 0.174. The van der Waals surface area contributed by atoms with Crippen molar-refractivity contribution >= 4 is 22.5 Å². The van der Waals surface area contributed by atoms with Gasteiger partial charge in [-0.15, -0.1) is 0 Å². The molecular formula is C26H28N6O. The molecule has 2 aromatic heterocycles. The van der Waals surface area contributed by atoms with Crippen molar-refractivity contribution in [3.8, 4) is 5.82 Å². The molecule has 1 fully saturated rings. The maximum absolute atomic E-state index is 13.1. The van der Waals surface area contributed by atoms with Gasteiger partial charge in [0.05, 0.1) is 12.1 Å². The molecule has 0 spiro atoms. The lowest BCUT2D eigenvalue weighted by Gasteiger charge is -2.35. The molecule has 2 aromatic carbocycles. The van der Waals surface area contributed by atoms with Crippen LogP contribution in [-0.4, -0.2) is 56.7 Å². The van der Waals surface area contributed by atoms with E-state index in [0.29, 0.717) is 25.3 Å². The van der Waals surface area contributed by atoms with Gasteiger partial charge in [0.15, 0.2) is 5.82 Å². The van der Waals surface area contributed by atoms with Crippen LogP contribution in [0.5, 0.6) is 0 Å².